The van der Waals surface area contributed by atoms with E-state index in [-0.39, 0.29) is 0 Å². The van der Waals surface area contributed by atoms with Crippen LogP contribution < -0.4 is 0 Å². The first kappa shape index (κ1) is 36.4. The third-order valence-electron chi connectivity index (χ3n) is 12.3. The number of aryl methyl sites for hydroxylation is 1. The fraction of sp³-hybridized carbons (Fsp3) is 0.0172. The number of fused-ring (bicyclic) bond motifs is 6. The molecule has 3 aromatic heterocycles. The summed E-state index contributed by atoms with van der Waals surface area (Å²) in [6.45, 7) is 2.21. The predicted molar refractivity (Wildman–Crippen MR) is 260 cm³/mol. The Hall–Kier alpha value is -8.41. The second-order valence-corrected chi connectivity index (χ2v) is 16.1. The molecule has 0 radical (unpaired) electrons. The Morgan fingerprint density at radius 1 is 0.317 bits per heavy atom. The molecule has 0 atom stereocenters. The van der Waals surface area contributed by atoms with E-state index < -0.39 is 0 Å². The normalized spacial score (nSPS) is 11.6. The van der Waals surface area contributed by atoms with Gasteiger partial charge in [-0.3, -0.25) is 0 Å². The van der Waals surface area contributed by atoms with Crippen molar-refractivity contribution in [3.05, 3.63) is 224 Å². The van der Waals surface area contributed by atoms with E-state index in [1.165, 1.54) is 38.1 Å². The molecule has 0 fully saturated rings. The molecule has 63 heavy (non-hydrogen) atoms. The number of para-hydroxylation sites is 4. The third-order valence-corrected chi connectivity index (χ3v) is 12.3. The fourth-order valence-electron chi connectivity index (χ4n) is 9.40. The Morgan fingerprint density at radius 2 is 0.794 bits per heavy atom. The number of aromatic nitrogens is 5. The molecule has 0 bridgehead atoms. The summed E-state index contributed by atoms with van der Waals surface area (Å²) in [6.07, 6.45) is 0. The van der Waals surface area contributed by atoms with E-state index in [4.69, 9.17) is 15.0 Å². The van der Waals surface area contributed by atoms with Crippen molar-refractivity contribution >= 4 is 43.6 Å². The molecule has 0 N–H and O–H groups in total. The first-order chi connectivity index (χ1) is 31.2. The topological polar surface area (TPSA) is 48.5 Å². The molecule has 0 aliphatic carbocycles. The van der Waals surface area contributed by atoms with Gasteiger partial charge < -0.3 is 9.13 Å². The Labute approximate surface area is 364 Å². The summed E-state index contributed by atoms with van der Waals surface area (Å²) in [4.78, 5) is 15.8. The molecule has 0 unspecified atom stereocenters. The first-order valence-corrected chi connectivity index (χ1v) is 21.4. The van der Waals surface area contributed by atoms with Crippen LogP contribution in [-0.4, -0.2) is 24.1 Å². The highest BCUT2D eigenvalue weighted by Gasteiger charge is 2.23. The molecule has 9 aromatic carbocycles. The second-order valence-electron chi connectivity index (χ2n) is 16.1. The maximum Gasteiger partial charge on any atom is 0.164 e. The summed E-state index contributed by atoms with van der Waals surface area (Å²) in [5.74, 6) is 1.84. The Morgan fingerprint density at radius 3 is 1.46 bits per heavy atom. The maximum absolute atomic E-state index is 5.34. The lowest BCUT2D eigenvalue weighted by Gasteiger charge is -2.17. The average molecular weight is 806 g/mol. The van der Waals surface area contributed by atoms with Gasteiger partial charge >= 0.3 is 0 Å². The molecule has 5 nitrogen and oxygen atoms in total. The Balaban J connectivity index is 1.13. The van der Waals surface area contributed by atoms with Crippen molar-refractivity contribution in [2.24, 2.45) is 0 Å². The molecule has 12 aromatic rings. The zero-order chi connectivity index (χ0) is 41.9. The smallest absolute Gasteiger partial charge is 0.164 e. The quantitative estimate of drug-likeness (QED) is 0.161. The molecule has 0 spiro atoms. The molecule has 12 rings (SSSR count). The number of hydrogen-bond donors (Lipinski definition) is 0. The maximum atomic E-state index is 5.34. The van der Waals surface area contributed by atoms with Crippen molar-refractivity contribution in [1.82, 2.24) is 24.1 Å². The van der Waals surface area contributed by atoms with Crippen molar-refractivity contribution in [3.63, 3.8) is 0 Å². The molecule has 0 saturated heterocycles. The Bertz CT molecular complexity index is 3660. The van der Waals surface area contributed by atoms with Crippen LogP contribution in [0, 0.1) is 6.92 Å². The molecule has 3 heterocycles. The highest BCUT2D eigenvalue weighted by molar-refractivity contribution is 6.15. The van der Waals surface area contributed by atoms with E-state index >= 15 is 0 Å². The highest BCUT2D eigenvalue weighted by Crippen LogP contribution is 2.42. The van der Waals surface area contributed by atoms with Gasteiger partial charge in [-0.1, -0.05) is 188 Å². The van der Waals surface area contributed by atoms with Gasteiger partial charge in [0.15, 0.2) is 17.5 Å². The summed E-state index contributed by atoms with van der Waals surface area (Å²) in [5, 5.41) is 4.85. The summed E-state index contributed by atoms with van der Waals surface area (Å²) in [7, 11) is 0. The van der Waals surface area contributed by atoms with E-state index in [1.807, 2.05) is 24.3 Å². The first-order valence-electron chi connectivity index (χ1n) is 21.4. The zero-order valence-electron chi connectivity index (χ0n) is 34.5. The Kier molecular flexibility index (Phi) is 8.64. The second kappa shape index (κ2) is 14.9. The van der Waals surface area contributed by atoms with Crippen LogP contribution in [0.5, 0.6) is 0 Å². The van der Waals surface area contributed by atoms with E-state index in [1.54, 1.807) is 0 Å². The number of nitrogens with zero attached hydrogens (tertiary/aromatic N) is 5. The van der Waals surface area contributed by atoms with Gasteiger partial charge in [-0.25, -0.2) is 15.0 Å². The number of rotatable bonds is 7. The minimum Gasteiger partial charge on any atom is -0.307 e. The van der Waals surface area contributed by atoms with Crippen LogP contribution in [0.4, 0.5) is 0 Å². The summed E-state index contributed by atoms with van der Waals surface area (Å²) < 4.78 is 4.89. The lowest BCUT2D eigenvalue weighted by Crippen LogP contribution is -2.04. The van der Waals surface area contributed by atoms with E-state index in [9.17, 15) is 0 Å². The van der Waals surface area contributed by atoms with E-state index in [0.29, 0.717) is 17.5 Å². The molecule has 0 amide bonds. The van der Waals surface area contributed by atoms with Crippen LogP contribution in [0.2, 0.25) is 0 Å². The standard InChI is InChI=1S/C58H39N5/c1-38-17-15-26-48-46-24-12-14-29-52(46)63(54(38)48)53-30-16-27-49-47-25-11-13-28-51(47)62(55(49)53)44-35-36-45(41-20-7-3-8-21-41)50(37-44)58-60-56(42-22-9-4-10-23-42)59-57(61-58)43-33-31-40(32-34-43)39-18-5-2-6-19-39/h2-37H,1H3. The van der Waals surface area contributed by atoms with Crippen LogP contribution in [0.15, 0.2) is 218 Å². The SMILES string of the molecule is Cc1cccc2c3ccccc3n(-c3cccc4c5ccccc5n(-c5ccc(-c6ccccc6)c(-c6nc(-c7ccccc7)nc(-c7ccc(-c8ccccc8)cc7)n6)c5)c34)c12. The van der Waals surface area contributed by atoms with Crippen LogP contribution in [0.25, 0.3) is 111 Å². The van der Waals surface area contributed by atoms with Crippen LogP contribution >= 0.6 is 0 Å². The van der Waals surface area contributed by atoms with Gasteiger partial charge in [-0.05, 0) is 65.1 Å². The minimum absolute atomic E-state index is 0.603. The summed E-state index contributed by atoms with van der Waals surface area (Å²) in [6, 6.07) is 77.3. The zero-order valence-corrected chi connectivity index (χ0v) is 34.5. The molecule has 5 heteroatoms. The molecule has 0 aliphatic heterocycles. The monoisotopic (exact) mass is 805 g/mol. The number of benzene rings is 9. The highest BCUT2D eigenvalue weighted by atomic mass is 15.1. The van der Waals surface area contributed by atoms with Gasteiger partial charge in [0, 0.05) is 43.9 Å². The van der Waals surface area contributed by atoms with E-state index in [0.717, 1.165) is 61.4 Å². The predicted octanol–water partition coefficient (Wildman–Crippen LogP) is 14.7. The van der Waals surface area contributed by atoms with Gasteiger partial charge in [-0.2, -0.15) is 0 Å². The van der Waals surface area contributed by atoms with Crippen molar-refractivity contribution in [2.75, 3.05) is 0 Å². The van der Waals surface area contributed by atoms with Crippen LogP contribution in [0.1, 0.15) is 5.56 Å². The van der Waals surface area contributed by atoms with Crippen molar-refractivity contribution in [2.45, 2.75) is 6.92 Å². The molecule has 296 valence electrons. The van der Waals surface area contributed by atoms with Gasteiger partial charge in [0.2, 0.25) is 0 Å². The van der Waals surface area contributed by atoms with Gasteiger partial charge in [-0.15, -0.1) is 0 Å². The summed E-state index contributed by atoms with van der Waals surface area (Å²) >= 11 is 0. The van der Waals surface area contributed by atoms with Crippen molar-refractivity contribution < 1.29 is 0 Å². The third kappa shape index (κ3) is 6.13. The molecule has 0 saturated carbocycles. The molecular formula is C58H39N5. The largest absolute Gasteiger partial charge is 0.307 e. The lowest BCUT2D eigenvalue weighted by atomic mass is 9.98. The van der Waals surface area contributed by atoms with Gasteiger partial charge in [0.1, 0.15) is 0 Å². The van der Waals surface area contributed by atoms with Gasteiger partial charge in [0.05, 0.1) is 27.8 Å². The van der Waals surface area contributed by atoms with Crippen molar-refractivity contribution in [3.8, 4) is 67.8 Å². The minimum atomic E-state index is 0.603. The molecular weight excluding hydrogens is 767 g/mol. The average Bonchev–Trinajstić information content (AvgIpc) is 3.89. The van der Waals surface area contributed by atoms with Crippen LogP contribution in [-0.2, 0) is 0 Å². The number of hydrogen-bond acceptors (Lipinski definition) is 3. The fourth-order valence-corrected chi connectivity index (χ4v) is 9.40. The molecule has 0 aliphatic rings. The lowest BCUT2D eigenvalue weighted by molar-refractivity contribution is 1.07. The van der Waals surface area contributed by atoms with Crippen molar-refractivity contribution in [1.29, 1.82) is 0 Å². The van der Waals surface area contributed by atoms with E-state index in [2.05, 4.69) is 210 Å². The summed E-state index contributed by atoms with van der Waals surface area (Å²) in [5.41, 5.74) is 15.2. The van der Waals surface area contributed by atoms with Gasteiger partial charge in [0.25, 0.3) is 0 Å². The van der Waals surface area contributed by atoms with Crippen LogP contribution in [0.3, 0.4) is 0 Å².